The number of rotatable bonds is 4. The predicted molar refractivity (Wildman–Crippen MR) is 67.2 cm³/mol. The number of halogens is 1. The van der Waals surface area contributed by atoms with Crippen molar-refractivity contribution in [3.8, 4) is 0 Å². The van der Waals surface area contributed by atoms with Crippen LogP contribution in [0.3, 0.4) is 0 Å². The van der Waals surface area contributed by atoms with Gasteiger partial charge in [-0.15, -0.1) is 0 Å². The minimum atomic E-state index is -0.487. The summed E-state index contributed by atoms with van der Waals surface area (Å²) >= 11 is 3.34. The van der Waals surface area contributed by atoms with Crippen molar-refractivity contribution in [2.45, 2.75) is 19.4 Å². The maximum absolute atomic E-state index is 11.7. The summed E-state index contributed by atoms with van der Waals surface area (Å²) in [4.78, 5) is 13.3. The highest BCUT2D eigenvalue weighted by Crippen LogP contribution is 2.11. The quantitative estimate of drug-likeness (QED) is 0.917. The first-order valence-electron chi connectivity index (χ1n) is 5.15. The van der Waals surface area contributed by atoms with Gasteiger partial charge in [0.25, 0.3) is 0 Å². The van der Waals surface area contributed by atoms with E-state index < -0.39 is 6.10 Å². The first-order chi connectivity index (χ1) is 7.49. The molecule has 0 aliphatic rings. The molecule has 0 radical (unpaired) electrons. The zero-order chi connectivity index (χ0) is 12.1. The van der Waals surface area contributed by atoms with E-state index in [1.165, 1.54) is 0 Å². The Morgan fingerprint density at radius 3 is 2.50 bits per heavy atom. The van der Waals surface area contributed by atoms with Crippen LogP contribution < -0.4 is 0 Å². The van der Waals surface area contributed by atoms with E-state index in [9.17, 15) is 9.90 Å². The van der Waals surface area contributed by atoms with Crippen molar-refractivity contribution in [3.05, 3.63) is 34.3 Å². The molecule has 16 heavy (non-hydrogen) atoms. The van der Waals surface area contributed by atoms with Gasteiger partial charge in [-0.3, -0.25) is 4.79 Å². The third kappa shape index (κ3) is 4.33. The van der Waals surface area contributed by atoms with Gasteiger partial charge in [-0.05, 0) is 24.6 Å². The number of carbonyl (C=O) groups excluding carboxylic acids is 1. The zero-order valence-electron chi connectivity index (χ0n) is 9.48. The van der Waals surface area contributed by atoms with Crippen LogP contribution >= 0.6 is 15.9 Å². The molecule has 3 nitrogen and oxygen atoms in total. The van der Waals surface area contributed by atoms with E-state index in [4.69, 9.17) is 0 Å². The summed E-state index contributed by atoms with van der Waals surface area (Å²) in [6.07, 6.45) is -0.116. The molecule has 0 aliphatic heterocycles. The molecule has 1 atom stereocenters. The van der Waals surface area contributed by atoms with Crippen molar-refractivity contribution in [2.24, 2.45) is 0 Å². The molecule has 0 heterocycles. The van der Waals surface area contributed by atoms with E-state index in [-0.39, 0.29) is 5.91 Å². The molecule has 4 heteroatoms. The lowest BCUT2D eigenvalue weighted by atomic mass is 10.1. The van der Waals surface area contributed by atoms with Gasteiger partial charge in [0.05, 0.1) is 12.5 Å². The second-order valence-corrected chi connectivity index (χ2v) is 4.84. The lowest BCUT2D eigenvalue weighted by Crippen LogP contribution is -2.34. The summed E-state index contributed by atoms with van der Waals surface area (Å²) in [5, 5.41) is 9.17. The van der Waals surface area contributed by atoms with Crippen molar-refractivity contribution >= 4 is 21.8 Å². The molecule has 0 saturated carbocycles. The molecule has 0 saturated heterocycles. The number of carbonyl (C=O) groups is 1. The van der Waals surface area contributed by atoms with Crippen molar-refractivity contribution in [1.29, 1.82) is 0 Å². The smallest absolute Gasteiger partial charge is 0.226 e. The second kappa shape index (κ2) is 6.01. The minimum Gasteiger partial charge on any atom is -0.392 e. The van der Waals surface area contributed by atoms with Gasteiger partial charge >= 0.3 is 0 Å². The van der Waals surface area contributed by atoms with E-state index in [2.05, 4.69) is 15.9 Å². The Balaban J connectivity index is 2.54. The Labute approximate surface area is 104 Å². The third-order valence-electron chi connectivity index (χ3n) is 2.23. The van der Waals surface area contributed by atoms with Gasteiger partial charge in [0.2, 0.25) is 5.91 Å². The molecule has 0 bridgehead atoms. The van der Waals surface area contributed by atoms with Crippen LogP contribution in [0.15, 0.2) is 28.7 Å². The van der Waals surface area contributed by atoms with Crippen molar-refractivity contribution in [2.75, 3.05) is 13.6 Å². The van der Waals surface area contributed by atoms with Crippen molar-refractivity contribution < 1.29 is 9.90 Å². The van der Waals surface area contributed by atoms with Crippen LogP contribution in [0.25, 0.3) is 0 Å². The van der Waals surface area contributed by atoms with Gasteiger partial charge < -0.3 is 10.0 Å². The Bertz CT molecular complexity index is 349. The van der Waals surface area contributed by atoms with Crippen LogP contribution in [0, 0.1) is 0 Å². The summed E-state index contributed by atoms with van der Waals surface area (Å²) in [6.45, 7) is 2.04. The van der Waals surface area contributed by atoms with Crippen LogP contribution in [0.5, 0.6) is 0 Å². The van der Waals surface area contributed by atoms with E-state index >= 15 is 0 Å². The molecule has 1 amide bonds. The molecule has 0 aliphatic carbocycles. The average Bonchev–Trinajstić information content (AvgIpc) is 2.20. The SMILES string of the molecule is CC(O)CN(C)C(=O)Cc1ccc(Br)cc1. The molecular formula is C12H16BrNO2. The summed E-state index contributed by atoms with van der Waals surface area (Å²) in [5.74, 6) is 0.0169. The molecule has 0 fully saturated rings. The van der Waals surface area contributed by atoms with E-state index in [1.807, 2.05) is 24.3 Å². The zero-order valence-corrected chi connectivity index (χ0v) is 11.1. The fraction of sp³-hybridized carbons (Fsp3) is 0.417. The Morgan fingerprint density at radius 2 is 2.00 bits per heavy atom. The summed E-state index contributed by atoms with van der Waals surface area (Å²) in [7, 11) is 1.70. The fourth-order valence-electron chi connectivity index (χ4n) is 1.41. The van der Waals surface area contributed by atoms with Crippen molar-refractivity contribution in [1.82, 2.24) is 4.90 Å². The number of amides is 1. The van der Waals surface area contributed by atoms with E-state index in [1.54, 1.807) is 18.9 Å². The minimum absolute atomic E-state index is 0.0169. The number of likely N-dealkylation sites (N-methyl/N-ethyl adjacent to an activating group) is 1. The topological polar surface area (TPSA) is 40.5 Å². The molecule has 1 aromatic carbocycles. The van der Waals surface area contributed by atoms with Gasteiger partial charge in [-0.25, -0.2) is 0 Å². The lowest BCUT2D eigenvalue weighted by molar-refractivity contribution is -0.130. The van der Waals surface area contributed by atoms with Gasteiger partial charge in [-0.2, -0.15) is 0 Å². The van der Waals surface area contributed by atoms with Crippen LogP contribution in [0.1, 0.15) is 12.5 Å². The molecule has 1 rings (SSSR count). The molecule has 1 unspecified atom stereocenters. The van der Waals surface area contributed by atoms with Crippen LogP contribution in [-0.2, 0) is 11.2 Å². The molecular weight excluding hydrogens is 270 g/mol. The van der Waals surface area contributed by atoms with Crippen LogP contribution in [-0.4, -0.2) is 35.6 Å². The summed E-state index contributed by atoms with van der Waals surface area (Å²) in [6, 6.07) is 7.66. The highest BCUT2D eigenvalue weighted by molar-refractivity contribution is 9.10. The van der Waals surface area contributed by atoms with E-state index in [0.29, 0.717) is 13.0 Å². The molecule has 0 spiro atoms. The molecule has 88 valence electrons. The van der Waals surface area contributed by atoms with Crippen molar-refractivity contribution in [3.63, 3.8) is 0 Å². The number of hydrogen-bond donors (Lipinski definition) is 1. The molecule has 0 aromatic heterocycles. The van der Waals surface area contributed by atoms with E-state index in [0.717, 1.165) is 10.0 Å². The number of nitrogens with zero attached hydrogens (tertiary/aromatic N) is 1. The van der Waals surface area contributed by atoms with Gasteiger partial charge in [0.1, 0.15) is 0 Å². The maximum Gasteiger partial charge on any atom is 0.226 e. The highest BCUT2D eigenvalue weighted by Gasteiger charge is 2.11. The number of aliphatic hydroxyl groups excluding tert-OH is 1. The fourth-order valence-corrected chi connectivity index (χ4v) is 1.67. The summed E-state index contributed by atoms with van der Waals surface area (Å²) in [5.41, 5.74) is 0.977. The van der Waals surface area contributed by atoms with Gasteiger partial charge in [0.15, 0.2) is 0 Å². The van der Waals surface area contributed by atoms with Crippen LogP contribution in [0.2, 0.25) is 0 Å². The number of aliphatic hydroxyl groups is 1. The average molecular weight is 286 g/mol. The number of benzene rings is 1. The third-order valence-corrected chi connectivity index (χ3v) is 2.76. The number of hydrogen-bond acceptors (Lipinski definition) is 2. The molecule has 1 N–H and O–H groups in total. The van der Waals surface area contributed by atoms with Crippen LogP contribution in [0.4, 0.5) is 0 Å². The first kappa shape index (κ1) is 13.2. The first-order valence-corrected chi connectivity index (χ1v) is 5.95. The second-order valence-electron chi connectivity index (χ2n) is 3.93. The Morgan fingerprint density at radius 1 is 1.44 bits per heavy atom. The van der Waals surface area contributed by atoms with Gasteiger partial charge in [0, 0.05) is 18.1 Å². The standard InChI is InChI=1S/C12H16BrNO2/c1-9(15)8-14(2)12(16)7-10-3-5-11(13)6-4-10/h3-6,9,15H,7-8H2,1-2H3. The monoisotopic (exact) mass is 285 g/mol. The predicted octanol–water partition coefficient (Wildman–Crippen LogP) is 1.83. The molecule has 1 aromatic rings. The highest BCUT2D eigenvalue weighted by atomic mass is 79.9. The lowest BCUT2D eigenvalue weighted by Gasteiger charge is -2.18. The Hall–Kier alpha value is -0.870. The normalized spacial score (nSPS) is 12.2. The van der Waals surface area contributed by atoms with Gasteiger partial charge in [-0.1, -0.05) is 28.1 Å². The largest absolute Gasteiger partial charge is 0.392 e. The maximum atomic E-state index is 11.7. The Kier molecular flexibility index (Phi) is 4.96. The summed E-state index contributed by atoms with van der Waals surface area (Å²) < 4.78 is 1.00.